The first kappa shape index (κ1) is 18.7. The third kappa shape index (κ3) is 4.53. The predicted molar refractivity (Wildman–Crippen MR) is 100 cm³/mol. The molecule has 0 radical (unpaired) electrons. The minimum atomic E-state index is -3.17. The van der Waals surface area contributed by atoms with E-state index < -0.39 is 10.0 Å². The number of hydrogen-bond acceptors (Lipinski definition) is 4. The third-order valence-corrected chi connectivity index (χ3v) is 5.94. The number of nitrogens with zero attached hydrogens (tertiary/aromatic N) is 1. The lowest BCUT2D eigenvalue weighted by atomic mass is 9.99. The highest BCUT2D eigenvalue weighted by Crippen LogP contribution is 2.22. The summed E-state index contributed by atoms with van der Waals surface area (Å²) in [4.78, 5) is 12.4. The zero-order chi connectivity index (χ0) is 18.7. The van der Waals surface area contributed by atoms with E-state index >= 15 is 0 Å². The van der Waals surface area contributed by atoms with Gasteiger partial charge >= 0.3 is 0 Å². The molecular formula is C19H24N2O4S. The van der Waals surface area contributed by atoms with Crippen LogP contribution in [0.1, 0.15) is 29.0 Å². The number of sulfonamides is 1. The third-order valence-electron chi connectivity index (χ3n) is 4.67. The Hall–Kier alpha value is -2.12. The minimum absolute atomic E-state index is 0.146. The molecule has 3 rings (SSSR count). The molecule has 1 saturated heterocycles. The molecule has 6 nitrogen and oxygen atoms in total. The van der Waals surface area contributed by atoms with Gasteiger partial charge in [-0.1, -0.05) is 12.1 Å². The second-order valence-electron chi connectivity index (χ2n) is 6.83. The van der Waals surface area contributed by atoms with Gasteiger partial charge in [0.15, 0.2) is 0 Å². The average molecular weight is 376 g/mol. The number of amides is 1. The van der Waals surface area contributed by atoms with Gasteiger partial charge in [0.05, 0.1) is 6.26 Å². The van der Waals surface area contributed by atoms with Gasteiger partial charge in [-0.05, 0) is 49.9 Å². The summed E-state index contributed by atoms with van der Waals surface area (Å²) >= 11 is 0. The van der Waals surface area contributed by atoms with Crippen molar-refractivity contribution in [3.63, 3.8) is 0 Å². The molecule has 1 aliphatic rings. The van der Waals surface area contributed by atoms with E-state index in [0.29, 0.717) is 25.2 Å². The maximum Gasteiger partial charge on any atom is 0.251 e. The van der Waals surface area contributed by atoms with Crippen LogP contribution in [0, 0.1) is 12.8 Å². The smallest absolute Gasteiger partial charge is 0.251 e. The second-order valence-corrected chi connectivity index (χ2v) is 8.81. The van der Waals surface area contributed by atoms with E-state index in [0.717, 1.165) is 29.9 Å². The fraction of sp³-hybridized carbons (Fsp3) is 0.421. The van der Waals surface area contributed by atoms with Gasteiger partial charge in [-0.2, -0.15) is 0 Å². The highest BCUT2D eigenvalue weighted by molar-refractivity contribution is 7.88. The van der Waals surface area contributed by atoms with E-state index in [1.54, 1.807) is 12.1 Å². The van der Waals surface area contributed by atoms with Crippen LogP contribution in [0.3, 0.4) is 0 Å². The van der Waals surface area contributed by atoms with Gasteiger partial charge in [-0.25, -0.2) is 12.7 Å². The van der Waals surface area contributed by atoms with E-state index in [9.17, 15) is 13.2 Å². The van der Waals surface area contributed by atoms with E-state index in [2.05, 4.69) is 5.32 Å². The number of furan rings is 1. The van der Waals surface area contributed by atoms with Crippen molar-refractivity contribution in [2.75, 3.05) is 25.9 Å². The number of hydrogen-bond donors (Lipinski definition) is 1. The maximum atomic E-state index is 12.4. The predicted octanol–water partition coefficient (Wildman–Crippen LogP) is 2.66. The molecule has 1 amide bonds. The van der Waals surface area contributed by atoms with Crippen LogP contribution in [0.5, 0.6) is 0 Å². The summed E-state index contributed by atoms with van der Waals surface area (Å²) in [6.45, 7) is 3.40. The van der Waals surface area contributed by atoms with Crippen molar-refractivity contribution in [1.29, 1.82) is 0 Å². The normalized spacial score (nSPS) is 18.6. The summed E-state index contributed by atoms with van der Waals surface area (Å²) in [5, 5.41) is 2.92. The fourth-order valence-corrected chi connectivity index (χ4v) is 4.15. The Morgan fingerprint density at radius 2 is 1.96 bits per heavy atom. The zero-order valence-corrected chi connectivity index (χ0v) is 15.9. The van der Waals surface area contributed by atoms with Gasteiger partial charge in [0.2, 0.25) is 10.0 Å². The number of carbonyl (C=O) groups is 1. The average Bonchev–Trinajstić information content (AvgIpc) is 3.06. The molecule has 0 spiro atoms. The molecule has 1 aromatic heterocycles. The maximum absolute atomic E-state index is 12.4. The summed E-state index contributed by atoms with van der Waals surface area (Å²) < 4.78 is 30.4. The van der Waals surface area contributed by atoms with Crippen molar-refractivity contribution in [3.05, 3.63) is 47.7 Å². The van der Waals surface area contributed by atoms with E-state index in [1.807, 2.05) is 31.2 Å². The van der Waals surface area contributed by atoms with E-state index in [-0.39, 0.29) is 11.8 Å². The molecule has 0 bridgehead atoms. The summed E-state index contributed by atoms with van der Waals surface area (Å²) in [7, 11) is -3.17. The van der Waals surface area contributed by atoms with Crippen molar-refractivity contribution in [2.45, 2.75) is 19.8 Å². The summed E-state index contributed by atoms with van der Waals surface area (Å²) in [6, 6.07) is 11.1. The van der Waals surface area contributed by atoms with Crippen LogP contribution < -0.4 is 5.32 Å². The summed E-state index contributed by atoms with van der Waals surface area (Å²) in [6.07, 6.45) is 2.98. The first-order valence-electron chi connectivity index (χ1n) is 8.73. The number of rotatable bonds is 5. The minimum Gasteiger partial charge on any atom is -0.461 e. The van der Waals surface area contributed by atoms with Crippen LogP contribution in [-0.4, -0.2) is 44.5 Å². The Bertz CT molecular complexity index is 871. The van der Waals surface area contributed by atoms with Crippen molar-refractivity contribution < 1.29 is 17.6 Å². The van der Waals surface area contributed by atoms with Gasteiger partial charge in [0.25, 0.3) is 5.91 Å². The second kappa shape index (κ2) is 7.63. The number of nitrogens with one attached hydrogen (secondary N) is 1. The molecule has 1 N–H and O–H groups in total. The first-order chi connectivity index (χ1) is 12.3. The topological polar surface area (TPSA) is 79.6 Å². The van der Waals surface area contributed by atoms with Gasteiger partial charge < -0.3 is 9.73 Å². The molecule has 1 fully saturated rings. The standard InChI is InChI=1S/C19H24N2O4S/c1-14-5-10-18(25-14)16-6-8-17(9-7-16)19(22)20-12-15-4-3-11-21(13-15)26(2,23)24/h5-10,15H,3-4,11-13H2,1-2H3,(H,20,22). The molecule has 1 unspecified atom stereocenters. The Morgan fingerprint density at radius 1 is 1.23 bits per heavy atom. The number of carbonyl (C=O) groups excluding carboxylic acids is 1. The van der Waals surface area contributed by atoms with Crippen molar-refractivity contribution in [2.24, 2.45) is 5.92 Å². The lowest BCUT2D eigenvalue weighted by Gasteiger charge is -2.30. The van der Waals surface area contributed by atoms with Gasteiger partial charge in [0.1, 0.15) is 11.5 Å². The highest BCUT2D eigenvalue weighted by atomic mass is 32.2. The van der Waals surface area contributed by atoms with Crippen molar-refractivity contribution in [3.8, 4) is 11.3 Å². The van der Waals surface area contributed by atoms with Crippen LogP contribution >= 0.6 is 0 Å². The lowest BCUT2D eigenvalue weighted by molar-refractivity contribution is 0.0941. The molecule has 140 valence electrons. The highest BCUT2D eigenvalue weighted by Gasteiger charge is 2.26. The van der Waals surface area contributed by atoms with Crippen LogP contribution in [0.4, 0.5) is 0 Å². The molecule has 2 aromatic rings. The lowest BCUT2D eigenvalue weighted by Crippen LogP contribution is -2.43. The number of piperidine rings is 1. The van der Waals surface area contributed by atoms with Crippen LogP contribution in [-0.2, 0) is 10.0 Å². The zero-order valence-electron chi connectivity index (χ0n) is 15.1. The Labute approximate surface area is 154 Å². The summed E-state index contributed by atoms with van der Waals surface area (Å²) in [5.74, 6) is 1.62. The molecule has 2 heterocycles. The van der Waals surface area contributed by atoms with Gasteiger partial charge in [0, 0.05) is 30.8 Å². The SMILES string of the molecule is Cc1ccc(-c2ccc(C(=O)NCC3CCCN(S(C)(=O)=O)C3)cc2)o1. The molecule has 1 aromatic carbocycles. The molecule has 7 heteroatoms. The molecule has 0 aliphatic carbocycles. The van der Waals surface area contributed by atoms with E-state index in [4.69, 9.17) is 4.42 Å². The Balaban J connectivity index is 1.56. The quantitative estimate of drug-likeness (QED) is 0.870. The van der Waals surface area contributed by atoms with Gasteiger partial charge in [-0.15, -0.1) is 0 Å². The number of aryl methyl sites for hydroxylation is 1. The molecule has 26 heavy (non-hydrogen) atoms. The molecular weight excluding hydrogens is 352 g/mol. The Morgan fingerprint density at radius 3 is 2.58 bits per heavy atom. The monoisotopic (exact) mass is 376 g/mol. The van der Waals surface area contributed by atoms with Crippen LogP contribution in [0.15, 0.2) is 40.8 Å². The van der Waals surface area contributed by atoms with Crippen LogP contribution in [0.25, 0.3) is 11.3 Å². The van der Waals surface area contributed by atoms with Crippen molar-refractivity contribution >= 4 is 15.9 Å². The number of benzene rings is 1. The first-order valence-corrected chi connectivity index (χ1v) is 10.6. The van der Waals surface area contributed by atoms with Crippen molar-refractivity contribution in [1.82, 2.24) is 9.62 Å². The fourth-order valence-electron chi connectivity index (χ4n) is 3.21. The molecule has 0 saturated carbocycles. The molecule has 1 aliphatic heterocycles. The summed E-state index contributed by atoms with van der Waals surface area (Å²) in [5.41, 5.74) is 1.50. The van der Waals surface area contributed by atoms with Crippen LogP contribution in [0.2, 0.25) is 0 Å². The molecule has 1 atom stereocenters. The Kier molecular flexibility index (Phi) is 5.48. The van der Waals surface area contributed by atoms with Gasteiger partial charge in [-0.3, -0.25) is 4.79 Å². The van der Waals surface area contributed by atoms with E-state index in [1.165, 1.54) is 10.6 Å². The largest absolute Gasteiger partial charge is 0.461 e.